The quantitative estimate of drug-likeness (QED) is 0.626. The van der Waals surface area contributed by atoms with Crippen molar-refractivity contribution >= 4 is 44.1 Å². The molecule has 0 fully saturated rings. The number of hydrogen-bond acceptors (Lipinski definition) is 4. The van der Waals surface area contributed by atoms with E-state index < -0.39 is 0 Å². The van der Waals surface area contributed by atoms with E-state index >= 15 is 0 Å². The molecule has 0 bridgehead atoms. The first-order chi connectivity index (χ1) is 9.85. The van der Waals surface area contributed by atoms with Gasteiger partial charge in [-0.15, -0.1) is 11.8 Å². The lowest BCUT2D eigenvalue weighted by Gasteiger charge is -1.99. The number of nitrogens with one attached hydrogen (secondary N) is 1. The van der Waals surface area contributed by atoms with Gasteiger partial charge in [0, 0.05) is 10.6 Å². The maximum atomic E-state index is 4.63. The van der Waals surface area contributed by atoms with Crippen molar-refractivity contribution in [2.75, 3.05) is 11.1 Å². The molecule has 3 rings (SSSR count). The molecule has 0 aliphatic carbocycles. The monoisotopic (exact) mass is 300 g/mol. The average molecular weight is 300 g/mol. The SMILES string of the molecule is CCCSc1ccc2nc(Nc3ccccc3)sc2c1. The summed E-state index contributed by atoms with van der Waals surface area (Å²) in [6, 6.07) is 16.7. The van der Waals surface area contributed by atoms with Gasteiger partial charge in [-0.05, 0) is 42.5 Å². The van der Waals surface area contributed by atoms with Crippen LogP contribution in [0.2, 0.25) is 0 Å². The highest BCUT2D eigenvalue weighted by atomic mass is 32.2. The van der Waals surface area contributed by atoms with Gasteiger partial charge in [0.15, 0.2) is 5.13 Å². The summed E-state index contributed by atoms with van der Waals surface area (Å²) < 4.78 is 1.24. The summed E-state index contributed by atoms with van der Waals surface area (Å²) in [5.74, 6) is 1.17. The molecule has 1 heterocycles. The number of rotatable bonds is 5. The highest BCUT2D eigenvalue weighted by molar-refractivity contribution is 7.99. The van der Waals surface area contributed by atoms with Gasteiger partial charge in [-0.25, -0.2) is 4.98 Å². The smallest absolute Gasteiger partial charge is 0.188 e. The Morgan fingerprint density at radius 1 is 1.15 bits per heavy atom. The van der Waals surface area contributed by atoms with E-state index in [1.165, 1.54) is 21.8 Å². The Morgan fingerprint density at radius 3 is 2.80 bits per heavy atom. The van der Waals surface area contributed by atoms with Gasteiger partial charge < -0.3 is 5.32 Å². The van der Waals surface area contributed by atoms with Gasteiger partial charge >= 0.3 is 0 Å². The molecule has 0 saturated carbocycles. The van der Waals surface area contributed by atoms with Gasteiger partial charge in [0.25, 0.3) is 0 Å². The van der Waals surface area contributed by atoms with Gasteiger partial charge in [0.2, 0.25) is 0 Å². The van der Waals surface area contributed by atoms with Crippen molar-refractivity contribution in [1.82, 2.24) is 4.98 Å². The molecule has 102 valence electrons. The highest BCUT2D eigenvalue weighted by Gasteiger charge is 2.05. The van der Waals surface area contributed by atoms with Crippen LogP contribution in [0.4, 0.5) is 10.8 Å². The number of anilines is 2. The summed E-state index contributed by atoms with van der Waals surface area (Å²) >= 11 is 3.61. The Kier molecular flexibility index (Phi) is 4.23. The molecule has 2 nitrogen and oxygen atoms in total. The van der Waals surface area contributed by atoms with Crippen LogP contribution >= 0.6 is 23.1 Å². The second-order valence-corrected chi connectivity index (χ2v) is 6.69. The third kappa shape index (κ3) is 3.14. The van der Waals surface area contributed by atoms with Crippen molar-refractivity contribution < 1.29 is 0 Å². The zero-order valence-corrected chi connectivity index (χ0v) is 12.9. The Balaban J connectivity index is 1.83. The predicted molar refractivity (Wildman–Crippen MR) is 90.4 cm³/mol. The number of thiazole rings is 1. The molecule has 0 atom stereocenters. The van der Waals surface area contributed by atoms with Crippen LogP contribution in [-0.4, -0.2) is 10.7 Å². The van der Waals surface area contributed by atoms with Gasteiger partial charge in [0.1, 0.15) is 0 Å². The third-order valence-electron chi connectivity index (χ3n) is 2.86. The normalized spacial score (nSPS) is 10.8. The van der Waals surface area contributed by atoms with E-state index in [-0.39, 0.29) is 0 Å². The topological polar surface area (TPSA) is 24.9 Å². The van der Waals surface area contributed by atoms with Crippen molar-refractivity contribution in [2.45, 2.75) is 18.2 Å². The number of hydrogen-bond donors (Lipinski definition) is 1. The average Bonchev–Trinajstić information content (AvgIpc) is 2.87. The van der Waals surface area contributed by atoms with Crippen molar-refractivity contribution in [3.8, 4) is 0 Å². The van der Waals surface area contributed by atoms with E-state index in [0.717, 1.165) is 16.3 Å². The fourth-order valence-corrected chi connectivity index (χ4v) is 3.72. The van der Waals surface area contributed by atoms with Gasteiger partial charge in [-0.2, -0.15) is 0 Å². The molecule has 0 radical (unpaired) electrons. The summed E-state index contributed by atoms with van der Waals surface area (Å²) in [4.78, 5) is 5.96. The molecule has 3 aromatic rings. The third-order valence-corrected chi connectivity index (χ3v) is 4.99. The number of thioether (sulfide) groups is 1. The molecule has 2 aromatic carbocycles. The van der Waals surface area contributed by atoms with Crippen LogP contribution in [0.5, 0.6) is 0 Å². The maximum absolute atomic E-state index is 4.63. The lowest BCUT2D eigenvalue weighted by atomic mass is 10.3. The Labute approximate surface area is 127 Å². The lowest BCUT2D eigenvalue weighted by Crippen LogP contribution is -1.87. The molecular formula is C16H16N2S2. The van der Waals surface area contributed by atoms with Crippen molar-refractivity contribution in [2.24, 2.45) is 0 Å². The minimum Gasteiger partial charge on any atom is -0.332 e. The summed E-state index contributed by atoms with van der Waals surface area (Å²) in [6.45, 7) is 2.21. The largest absolute Gasteiger partial charge is 0.332 e. The zero-order chi connectivity index (χ0) is 13.8. The Hall–Kier alpha value is -1.52. The van der Waals surface area contributed by atoms with Crippen molar-refractivity contribution in [3.63, 3.8) is 0 Å². The van der Waals surface area contributed by atoms with Gasteiger partial charge in [-0.1, -0.05) is 36.5 Å². The van der Waals surface area contributed by atoms with Crippen LogP contribution in [-0.2, 0) is 0 Å². The number of fused-ring (bicyclic) bond motifs is 1. The van der Waals surface area contributed by atoms with Gasteiger partial charge in [-0.3, -0.25) is 0 Å². The van der Waals surface area contributed by atoms with E-state index in [1.54, 1.807) is 11.3 Å². The molecule has 20 heavy (non-hydrogen) atoms. The van der Waals surface area contributed by atoms with E-state index in [0.29, 0.717) is 0 Å². The fraction of sp³-hybridized carbons (Fsp3) is 0.188. The molecule has 0 spiro atoms. The predicted octanol–water partition coefficient (Wildman–Crippen LogP) is 5.54. The lowest BCUT2D eigenvalue weighted by molar-refractivity contribution is 1.10. The number of benzene rings is 2. The summed E-state index contributed by atoms with van der Waals surface area (Å²) in [5.41, 5.74) is 2.14. The molecule has 1 aromatic heterocycles. The fourth-order valence-electron chi connectivity index (χ4n) is 1.91. The molecule has 0 unspecified atom stereocenters. The number of nitrogens with zero attached hydrogens (tertiary/aromatic N) is 1. The molecular weight excluding hydrogens is 284 g/mol. The maximum Gasteiger partial charge on any atom is 0.188 e. The second-order valence-electron chi connectivity index (χ2n) is 4.49. The number of para-hydroxylation sites is 1. The van der Waals surface area contributed by atoms with E-state index in [4.69, 9.17) is 0 Å². The van der Waals surface area contributed by atoms with Crippen LogP contribution < -0.4 is 5.32 Å². The first-order valence-electron chi connectivity index (χ1n) is 6.70. The first-order valence-corrected chi connectivity index (χ1v) is 8.51. The molecule has 0 amide bonds. The summed E-state index contributed by atoms with van der Waals surface area (Å²) in [5, 5.41) is 4.30. The van der Waals surface area contributed by atoms with Crippen LogP contribution in [0.15, 0.2) is 53.4 Å². The molecule has 0 aliphatic rings. The first kappa shape index (κ1) is 13.5. The highest BCUT2D eigenvalue weighted by Crippen LogP contribution is 2.31. The number of aromatic nitrogens is 1. The van der Waals surface area contributed by atoms with Gasteiger partial charge in [0.05, 0.1) is 10.2 Å². The zero-order valence-electron chi connectivity index (χ0n) is 11.3. The van der Waals surface area contributed by atoms with Crippen LogP contribution in [0.3, 0.4) is 0 Å². The van der Waals surface area contributed by atoms with E-state index in [1.807, 2.05) is 30.0 Å². The molecule has 1 N–H and O–H groups in total. The molecule has 4 heteroatoms. The minimum atomic E-state index is 0.948. The van der Waals surface area contributed by atoms with E-state index in [9.17, 15) is 0 Å². The summed E-state index contributed by atoms with van der Waals surface area (Å²) in [7, 11) is 0. The van der Waals surface area contributed by atoms with E-state index in [2.05, 4.69) is 47.6 Å². The van der Waals surface area contributed by atoms with Crippen LogP contribution in [0.1, 0.15) is 13.3 Å². The molecule has 0 aliphatic heterocycles. The second kappa shape index (κ2) is 6.29. The summed E-state index contributed by atoms with van der Waals surface area (Å²) in [6.07, 6.45) is 1.20. The van der Waals surface area contributed by atoms with Crippen molar-refractivity contribution in [1.29, 1.82) is 0 Å². The minimum absolute atomic E-state index is 0.948. The van der Waals surface area contributed by atoms with Crippen LogP contribution in [0.25, 0.3) is 10.2 Å². The Morgan fingerprint density at radius 2 is 2.00 bits per heavy atom. The Bertz CT molecular complexity index is 692. The molecule has 0 saturated heterocycles. The van der Waals surface area contributed by atoms with Crippen molar-refractivity contribution in [3.05, 3.63) is 48.5 Å². The standard InChI is InChI=1S/C16H16N2S2/c1-2-10-19-13-8-9-14-15(11-13)20-16(18-14)17-12-6-4-3-5-7-12/h3-9,11H,2,10H2,1H3,(H,17,18). The van der Waals surface area contributed by atoms with Crippen LogP contribution in [0, 0.1) is 0 Å².